The first kappa shape index (κ1) is 7.89. The van der Waals surface area contributed by atoms with E-state index in [9.17, 15) is 0 Å². The zero-order chi connectivity index (χ0) is 8.81. The molecular weight excluding hydrogens is 158 g/mol. The van der Waals surface area contributed by atoms with E-state index in [0.29, 0.717) is 0 Å². The topological polar surface area (TPSA) is 95.5 Å². The molecule has 0 bridgehead atoms. The van der Waals surface area contributed by atoms with E-state index >= 15 is 0 Å². The van der Waals surface area contributed by atoms with E-state index in [4.69, 9.17) is 15.3 Å². The van der Waals surface area contributed by atoms with Gasteiger partial charge in [0.05, 0.1) is 0 Å². The molecule has 1 aromatic heterocycles. The number of ether oxygens (including phenoxy) is 1. The molecule has 0 unspecified atom stereocenters. The van der Waals surface area contributed by atoms with E-state index in [2.05, 4.69) is 15.0 Å². The zero-order valence-corrected chi connectivity index (χ0v) is 5.88. The second kappa shape index (κ2) is 3.84. The molecule has 58 valence electrons. The van der Waals surface area contributed by atoms with Crippen LogP contribution in [0.4, 0.5) is 0 Å². The van der Waals surface area contributed by atoms with Crippen LogP contribution >= 0.6 is 0 Å². The lowest BCUT2D eigenvalue weighted by atomic mass is 10.4. The molecule has 0 N–H and O–H groups in total. The number of nitrogens with zero attached hydrogens (tertiary/aromatic N) is 5. The molecule has 0 radical (unpaired) electrons. The Morgan fingerprint density at radius 1 is 1.25 bits per heavy atom. The minimum Gasteiger partial charge on any atom is -0.430 e. The van der Waals surface area contributed by atoms with Gasteiger partial charge >= 0.3 is 6.01 Å². The number of hydrogen-bond donors (Lipinski definition) is 0. The number of rotatable bonds is 2. The average Bonchev–Trinajstić information content (AvgIpc) is 2.16. The van der Waals surface area contributed by atoms with E-state index in [-0.39, 0.29) is 6.01 Å². The van der Waals surface area contributed by atoms with Crippen LogP contribution in [0.5, 0.6) is 6.01 Å². The van der Waals surface area contributed by atoms with Crippen LogP contribution in [-0.4, -0.2) is 21.1 Å². The van der Waals surface area contributed by atoms with E-state index in [1.165, 1.54) is 12.7 Å². The Morgan fingerprint density at radius 2 is 1.83 bits per heavy atom. The van der Waals surface area contributed by atoms with E-state index in [1.807, 2.05) is 0 Å². The highest BCUT2D eigenvalue weighted by atomic mass is 16.5. The van der Waals surface area contributed by atoms with Crippen LogP contribution in [0.3, 0.4) is 0 Å². The van der Waals surface area contributed by atoms with Crippen LogP contribution in [0.25, 0.3) is 0 Å². The van der Waals surface area contributed by atoms with Crippen LogP contribution < -0.4 is 4.74 Å². The van der Waals surface area contributed by atoms with Crippen molar-refractivity contribution < 1.29 is 4.74 Å². The molecule has 0 aliphatic heterocycles. The quantitative estimate of drug-likeness (QED) is 0.589. The van der Waals surface area contributed by atoms with Gasteiger partial charge in [-0.05, 0) is 0 Å². The number of nitriles is 2. The van der Waals surface area contributed by atoms with Gasteiger partial charge in [-0.2, -0.15) is 20.5 Å². The Kier molecular flexibility index (Phi) is 2.52. The summed E-state index contributed by atoms with van der Waals surface area (Å²) >= 11 is 0. The fourth-order valence-corrected chi connectivity index (χ4v) is 0.476. The van der Waals surface area contributed by atoms with Gasteiger partial charge in [0.2, 0.25) is 0 Å². The van der Waals surface area contributed by atoms with Crippen molar-refractivity contribution in [2.75, 3.05) is 0 Å². The van der Waals surface area contributed by atoms with E-state index in [1.54, 1.807) is 12.1 Å². The second-order valence-electron chi connectivity index (χ2n) is 1.68. The van der Waals surface area contributed by atoms with Gasteiger partial charge < -0.3 is 4.74 Å². The van der Waals surface area contributed by atoms with Crippen molar-refractivity contribution in [3.63, 3.8) is 0 Å². The Bertz CT molecular complexity index is 310. The lowest BCUT2D eigenvalue weighted by Gasteiger charge is -2.00. The van der Waals surface area contributed by atoms with Crippen molar-refractivity contribution in [2.45, 2.75) is 6.10 Å². The SMILES string of the molecule is N#CC(C#N)Oc1ncncn1. The number of hydrogen-bond acceptors (Lipinski definition) is 6. The van der Waals surface area contributed by atoms with Crippen molar-refractivity contribution >= 4 is 0 Å². The minimum atomic E-state index is -1.17. The molecule has 0 fully saturated rings. The summed E-state index contributed by atoms with van der Waals surface area (Å²) in [6, 6.07) is 3.20. The van der Waals surface area contributed by atoms with Gasteiger partial charge in [-0.25, -0.2) is 4.98 Å². The van der Waals surface area contributed by atoms with Crippen LogP contribution in [-0.2, 0) is 0 Å². The number of aromatic nitrogens is 3. The van der Waals surface area contributed by atoms with Crippen LogP contribution in [0.15, 0.2) is 12.7 Å². The third kappa shape index (κ3) is 1.89. The summed E-state index contributed by atoms with van der Waals surface area (Å²) in [7, 11) is 0. The van der Waals surface area contributed by atoms with Gasteiger partial charge in [0, 0.05) is 0 Å². The molecule has 1 rings (SSSR count). The molecule has 0 aliphatic rings. The molecular formula is C6H3N5O. The predicted octanol–water partition coefficient (Wildman–Crippen LogP) is -0.334. The van der Waals surface area contributed by atoms with Crippen LogP contribution in [0.1, 0.15) is 0 Å². The van der Waals surface area contributed by atoms with Gasteiger partial charge in [0.25, 0.3) is 6.10 Å². The van der Waals surface area contributed by atoms with Crippen LogP contribution in [0, 0.1) is 22.7 Å². The summed E-state index contributed by atoms with van der Waals surface area (Å²) in [5.41, 5.74) is 0. The third-order valence-electron chi connectivity index (χ3n) is 0.927. The Balaban J connectivity index is 2.66. The Hall–Kier alpha value is -2.21. The van der Waals surface area contributed by atoms with Crippen molar-refractivity contribution in [1.82, 2.24) is 15.0 Å². The predicted molar refractivity (Wildman–Crippen MR) is 35.5 cm³/mol. The first-order valence-corrected chi connectivity index (χ1v) is 2.94. The van der Waals surface area contributed by atoms with Crippen molar-refractivity contribution in [1.29, 1.82) is 10.5 Å². The fourth-order valence-electron chi connectivity index (χ4n) is 0.476. The minimum absolute atomic E-state index is 0.0295. The van der Waals surface area contributed by atoms with Gasteiger partial charge in [-0.15, -0.1) is 0 Å². The summed E-state index contributed by atoms with van der Waals surface area (Å²) < 4.78 is 4.73. The average molecular weight is 161 g/mol. The summed E-state index contributed by atoms with van der Waals surface area (Å²) in [5.74, 6) is 0. The maximum Gasteiger partial charge on any atom is 0.321 e. The first-order chi connectivity index (χ1) is 5.86. The largest absolute Gasteiger partial charge is 0.430 e. The zero-order valence-electron chi connectivity index (χ0n) is 5.88. The normalized spacial score (nSPS) is 8.58. The first-order valence-electron chi connectivity index (χ1n) is 2.94. The van der Waals surface area contributed by atoms with Gasteiger partial charge in [0.1, 0.15) is 24.8 Å². The maximum absolute atomic E-state index is 8.32. The molecule has 0 aromatic carbocycles. The summed E-state index contributed by atoms with van der Waals surface area (Å²) in [5, 5.41) is 16.6. The summed E-state index contributed by atoms with van der Waals surface area (Å²) in [6.07, 6.45) is 1.26. The smallest absolute Gasteiger partial charge is 0.321 e. The van der Waals surface area contributed by atoms with Gasteiger partial charge in [-0.3, -0.25) is 0 Å². The summed E-state index contributed by atoms with van der Waals surface area (Å²) in [4.78, 5) is 10.7. The standard InChI is InChI=1S/C6H3N5O/c7-1-5(2-8)12-6-10-3-9-4-11-6/h3-5H. The second-order valence-corrected chi connectivity index (χ2v) is 1.68. The molecule has 0 amide bonds. The lowest BCUT2D eigenvalue weighted by molar-refractivity contribution is 0.282. The molecule has 0 spiro atoms. The Morgan fingerprint density at radius 3 is 2.33 bits per heavy atom. The summed E-state index contributed by atoms with van der Waals surface area (Å²) in [6.45, 7) is 0. The Labute approximate surface area is 68.1 Å². The maximum atomic E-state index is 8.32. The fraction of sp³-hybridized carbons (Fsp3) is 0.167. The molecule has 1 aromatic rings. The molecule has 6 nitrogen and oxygen atoms in total. The van der Waals surface area contributed by atoms with Crippen molar-refractivity contribution in [2.24, 2.45) is 0 Å². The monoisotopic (exact) mass is 161 g/mol. The van der Waals surface area contributed by atoms with Crippen LogP contribution in [0.2, 0.25) is 0 Å². The van der Waals surface area contributed by atoms with E-state index in [0.717, 1.165) is 0 Å². The highest BCUT2D eigenvalue weighted by molar-refractivity contribution is 5.06. The lowest BCUT2D eigenvalue weighted by Crippen LogP contribution is -2.12. The highest BCUT2D eigenvalue weighted by Gasteiger charge is 2.07. The third-order valence-corrected chi connectivity index (χ3v) is 0.927. The van der Waals surface area contributed by atoms with Crippen molar-refractivity contribution in [3.05, 3.63) is 12.7 Å². The molecule has 0 saturated carbocycles. The van der Waals surface area contributed by atoms with Crippen molar-refractivity contribution in [3.8, 4) is 18.1 Å². The molecule has 0 saturated heterocycles. The molecule has 6 heteroatoms. The van der Waals surface area contributed by atoms with E-state index < -0.39 is 6.10 Å². The van der Waals surface area contributed by atoms with Gasteiger partial charge in [0.15, 0.2) is 0 Å². The molecule has 0 aliphatic carbocycles. The molecule has 1 heterocycles. The molecule has 12 heavy (non-hydrogen) atoms. The molecule has 0 atom stereocenters. The van der Waals surface area contributed by atoms with Gasteiger partial charge in [-0.1, -0.05) is 0 Å². The highest BCUT2D eigenvalue weighted by Crippen LogP contribution is 1.98.